The van der Waals surface area contributed by atoms with Crippen molar-refractivity contribution in [2.24, 2.45) is 0 Å². The van der Waals surface area contributed by atoms with Crippen LogP contribution >= 0.6 is 11.8 Å². The van der Waals surface area contributed by atoms with Crippen LogP contribution in [0.15, 0.2) is 17.0 Å². The zero-order valence-corrected chi connectivity index (χ0v) is 16.6. The van der Waals surface area contributed by atoms with Crippen molar-refractivity contribution in [2.75, 3.05) is 19.5 Å². The van der Waals surface area contributed by atoms with E-state index in [1.807, 2.05) is 11.8 Å². The molecule has 1 heterocycles. The summed E-state index contributed by atoms with van der Waals surface area (Å²) in [6.45, 7) is 1.46. The summed E-state index contributed by atoms with van der Waals surface area (Å²) in [7, 11) is 0. The van der Waals surface area contributed by atoms with E-state index in [0.717, 1.165) is 19.6 Å². The number of benzene rings is 1. The van der Waals surface area contributed by atoms with E-state index in [1.54, 1.807) is 9.14 Å². The molecule has 1 spiro atoms. The first-order valence-electron chi connectivity index (χ1n) is 7.47. The van der Waals surface area contributed by atoms with Crippen LogP contribution in [0.4, 0.5) is 0 Å². The molecule has 0 aromatic heterocycles. The van der Waals surface area contributed by atoms with E-state index in [4.69, 9.17) is 9.47 Å². The molecule has 4 heteroatoms. The average molecular weight is 399 g/mol. The van der Waals surface area contributed by atoms with Crippen LogP contribution in [-0.2, 0) is 21.7 Å². The van der Waals surface area contributed by atoms with E-state index in [-0.39, 0.29) is 0 Å². The number of hydrogen-bond acceptors (Lipinski definition) is 3. The van der Waals surface area contributed by atoms with Gasteiger partial charge in [-0.3, -0.25) is 0 Å². The minimum atomic E-state index is -2.10. The van der Waals surface area contributed by atoms with Crippen molar-refractivity contribution < 1.29 is 9.47 Å². The second-order valence-electron chi connectivity index (χ2n) is 6.72. The molecule has 0 unspecified atom stereocenters. The third-order valence-corrected chi connectivity index (χ3v) is 11.1. The molecule has 1 aliphatic heterocycles. The van der Waals surface area contributed by atoms with Crippen molar-refractivity contribution in [3.8, 4) is 0 Å². The van der Waals surface area contributed by atoms with Crippen LogP contribution in [0.1, 0.15) is 24.0 Å². The van der Waals surface area contributed by atoms with Crippen LogP contribution in [0.5, 0.6) is 0 Å². The van der Waals surface area contributed by atoms with Gasteiger partial charge in [-0.05, 0) is 0 Å². The van der Waals surface area contributed by atoms with E-state index in [1.165, 1.54) is 23.3 Å². The summed E-state index contributed by atoms with van der Waals surface area (Å²) >= 11 is -0.278. The van der Waals surface area contributed by atoms with Crippen molar-refractivity contribution >= 4 is 33.7 Å². The Hall–Kier alpha value is 0.289. The average Bonchev–Trinajstić information content (AvgIpc) is 2.85. The van der Waals surface area contributed by atoms with E-state index >= 15 is 0 Å². The number of hydrogen-bond donors (Lipinski definition) is 0. The van der Waals surface area contributed by atoms with Crippen LogP contribution < -0.4 is 3.58 Å². The Balaban J connectivity index is 2.23. The van der Waals surface area contributed by atoms with Gasteiger partial charge in [0.2, 0.25) is 0 Å². The first-order valence-corrected chi connectivity index (χ1v) is 18.7. The molecule has 0 N–H and O–H groups in total. The van der Waals surface area contributed by atoms with Crippen LogP contribution in [0.2, 0.25) is 14.8 Å². The molecule has 2 aliphatic rings. The van der Waals surface area contributed by atoms with Crippen LogP contribution in [-0.4, -0.2) is 37.8 Å². The molecule has 1 aromatic carbocycles. The maximum absolute atomic E-state index is 6.11. The fourth-order valence-corrected chi connectivity index (χ4v) is 9.19. The number of thioether (sulfide) groups is 1. The molecule has 0 atom stereocenters. The van der Waals surface area contributed by atoms with Gasteiger partial charge in [0.1, 0.15) is 0 Å². The number of fused-ring (bicyclic) bond motifs is 2. The maximum atomic E-state index is 6.11. The van der Waals surface area contributed by atoms with Crippen LogP contribution in [0.25, 0.3) is 0 Å². The standard InChI is InChI=1S/C13H15O2S.3CH3.Sn/c1-16-11-6-2-4-10-5-3-7-13(12(10)11)14-8-9-15-13;;;;/h2,6H,3,5,7-9H2,1H3;3*1H3;. The Bertz CT molecular complexity index is 516. The zero-order chi connectivity index (χ0) is 14.4. The van der Waals surface area contributed by atoms with Crippen molar-refractivity contribution in [3.05, 3.63) is 23.3 Å². The fourth-order valence-electron chi connectivity index (χ4n) is 3.54. The molecule has 0 saturated carbocycles. The Morgan fingerprint density at radius 2 is 1.85 bits per heavy atom. The molecule has 3 rings (SSSR count). The molecule has 1 aliphatic carbocycles. The van der Waals surface area contributed by atoms with Gasteiger partial charge in [0.15, 0.2) is 0 Å². The summed E-state index contributed by atoms with van der Waals surface area (Å²) in [6.07, 6.45) is 5.55. The Labute approximate surface area is 130 Å². The molecule has 20 heavy (non-hydrogen) atoms. The van der Waals surface area contributed by atoms with E-state index in [9.17, 15) is 0 Å². The van der Waals surface area contributed by atoms with Gasteiger partial charge in [-0.15, -0.1) is 0 Å². The van der Waals surface area contributed by atoms with Crippen LogP contribution in [0.3, 0.4) is 0 Å². The minimum absolute atomic E-state index is 0.431. The summed E-state index contributed by atoms with van der Waals surface area (Å²) in [5.41, 5.74) is 2.94. The summed E-state index contributed by atoms with van der Waals surface area (Å²) in [5.74, 6) is -0.431. The molecular weight excluding hydrogens is 375 g/mol. The number of ether oxygens (including phenoxy) is 2. The van der Waals surface area contributed by atoms with Crippen molar-refractivity contribution in [3.63, 3.8) is 0 Å². The second-order valence-corrected chi connectivity index (χ2v) is 22.0. The Morgan fingerprint density at radius 1 is 1.15 bits per heavy atom. The van der Waals surface area contributed by atoms with E-state index in [2.05, 4.69) is 33.2 Å². The molecular formula is C16H24O2SSn. The third kappa shape index (κ3) is 2.44. The van der Waals surface area contributed by atoms with Crippen molar-refractivity contribution in [1.82, 2.24) is 0 Å². The first-order chi connectivity index (χ1) is 9.48. The zero-order valence-electron chi connectivity index (χ0n) is 12.9. The monoisotopic (exact) mass is 400 g/mol. The first kappa shape index (κ1) is 15.2. The van der Waals surface area contributed by atoms with Gasteiger partial charge in [-0.1, -0.05) is 0 Å². The summed E-state index contributed by atoms with van der Waals surface area (Å²) in [6, 6.07) is 4.70. The van der Waals surface area contributed by atoms with E-state index in [0.29, 0.717) is 0 Å². The van der Waals surface area contributed by atoms with Gasteiger partial charge in [0.05, 0.1) is 0 Å². The molecule has 1 fully saturated rings. The molecule has 1 aromatic rings. The molecule has 110 valence electrons. The van der Waals surface area contributed by atoms with Gasteiger partial charge in [0, 0.05) is 0 Å². The molecule has 2 nitrogen and oxygen atoms in total. The second kappa shape index (κ2) is 5.49. The SMILES string of the molecule is CSc1cc[c]([Sn]([CH3])([CH3])[CH3])c2c1C1(CCC2)OCCO1. The number of rotatable bonds is 2. The predicted octanol–water partition coefficient (Wildman–Crippen LogP) is 3.49. The Kier molecular flexibility index (Phi) is 4.17. The van der Waals surface area contributed by atoms with Gasteiger partial charge in [0.25, 0.3) is 0 Å². The van der Waals surface area contributed by atoms with Gasteiger partial charge in [-0.25, -0.2) is 0 Å². The van der Waals surface area contributed by atoms with Gasteiger partial charge >= 0.3 is 131 Å². The molecule has 0 bridgehead atoms. The quantitative estimate of drug-likeness (QED) is 0.561. The van der Waals surface area contributed by atoms with Crippen LogP contribution in [0, 0.1) is 0 Å². The molecule has 0 amide bonds. The fraction of sp³-hybridized carbons (Fsp3) is 0.625. The van der Waals surface area contributed by atoms with E-state index < -0.39 is 24.2 Å². The summed E-state index contributed by atoms with van der Waals surface area (Å²) < 4.78 is 13.9. The van der Waals surface area contributed by atoms with Crippen molar-refractivity contribution in [2.45, 2.75) is 44.8 Å². The van der Waals surface area contributed by atoms with Crippen molar-refractivity contribution in [1.29, 1.82) is 0 Å². The normalized spacial score (nSPS) is 21.2. The topological polar surface area (TPSA) is 18.5 Å². The summed E-state index contributed by atoms with van der Waals surface area (Å²) in [5, 5.41) is 0. The molecule has 0 radical (unpaired) electrons. The third-order valence-electron chi connectivity index (χ3n) is 4.37. The molecule has 1 saturated heterocycles. The Morgan fingerprint density at radius 3 is 2.45 bits per heavy atom. The van der Waals surface area contributed by atoms with Gasteiger partial charge in [-0.2, -0.15) is 0 Å². The summed E-state index contributed by atoms with van der Waals surface area (Å²) in [4.78, 5) is 8.85. The van der Waals surface area contributed by atoms with Gasteiger partial charge < -0.3 is 0 Å². The predicted molar refractivity (Wildman–Crippen MR) is 87.7 cm³/mol.